The van der Waals surface area contributed by atoms with E-state index in [4.69, 9.17) is 5.11 Å². The fraction of sp³-hybridized carbons (Fsp3) is 0.455. The van der Waals surface area contributed by atoms with Crippen LogP contribution in [-0.4, -0.2) is 35.0 Å². The number of carboxylic acids is 1. The maximum absolute atomic E-state index is 12.1. The van der Waals surface area contributed by atoms with Crippen molar-refractivity contribution in [1.29, 1.82) is 0 Å². The number of hydrogen-bond acceptors (Lipinski definition) is 3. The molecule has 0 aliphatic heterocycles. The van der Waals surface area contributed by atoms with Crippen molar-refractivity contribution in [2.24, 2.45) is 0 Å². The fourth-order valence-electron chi connectivity index (χ4n) is 1.40. The first kappa shape index (κ1) is 14.2. The maximum atomic E-state index is 12.1. The third-order valence-electron chi connectivity index (χ3n) is 2.20. The van der Waals surface area contributed by atoms with Gasteiger partial charge in [0.1, 0.15) is 11.4 Å². The Morgan fingerprint density at radius 2 is 2.18 bits per heavy atom. The fourth-order valence-corrected chi connectivity index (χ4v) is 3.03. The summed E-state index contributed by atoms with van der Waals surface area (Å²) < 4.78 is 0.763. The van der Waals surface area contributed by atoms with Crippen molar-refractivity contribution in [3.63, 3.8) is 0 Å². The van der Waals surface area contributed by atoms with Gasteiger partial charge < -0.3 is 10.0 Å². The highest BCUT2D eigenvalue weighted by atomic mass is 79.9. The van der Waals surface area contributed by atoms with Crippen molar-refractivity contribution in [3.8, 4) is 0 Å². The normalized spacial score (nSPS) is 10.3. The number of halogens is 1. The summed E-state index contributed by atoms with van der Waals surface area (Å²) in [4.78, 5) is 24.8. The second kappa shape index (κ2) is 6.16. The average Bonchev–Trinajstić information content (AvgIpc) is 2.58. The number of nitrogens with zero attached hydrogens (tertiary/aromatic N) is 1. The predicted octanol–water partition coefficient (Wildman–Crippen LogP) is 2.76. The van der Waals surface area contributed by atoms with Gasteiger partial charge in [0.2, 0.25) is 0 Å². The van der Waals surface area contributed by atoms with Crippen LogP contribution in [0, 0.1) is 6.92 Å². The van der Waals surface area contributed by atoms with Crippen molar-refractivity contribution in [1.82, 2.24) is 4.90 Å². The maximum Gasteiger partial charge on any atom is 0.323 e. The van der Waals surface area contributed by atoms with E-state index in [0.29, 0.717) is 11.4 Å². The quantitative estimate of drug-likeness (QED) is 0.907. The van der Waals surface area contributed by atoms with Crippen LogP contribution in [0.2, 0.25) is 0 Å². The van der Waals surface area contributed by atoms with E-state index < -0.39 is 5.97 Å². The molecule has 6 heteroatoms. The first-order valence-corrected chi connectivity index (χ1v) is 6.89. The molecule has 0 unspecified atom stereocenters. The topological polar surface area (TPSA) is 57.6 Å². The molecule has 0 aliphatic carbocycles. The standard InChI is InChI=1S/C11H14BrNO3S/c1-3-4-13(5-8(14)15)11(16)10-9(12)7(2)6-17-10/h6H,3-5H2,1-2H3,(H,14,15). The Morgan fingerprint density at radius 3 is 2.59 bits per heavy atom. The van der Waals surface area contributed by atoms with Gasteiger partial charge in [0.15, 0.2) is 0 Å². The lowest BCUT2D eigenvalue weighted by molar-refractivity contribution is -0.137. The number of carboxylic acid groups (broad SMARTS) is 1. The van der Waals surface area contributed by atoms with Gasteiger partial charge in [-0.3, -0.25) is 9.59 Å². The molecule has 0 saturated carbocycles. The Kier molecular flexibility index (Phi) is 5.14. The van der Waals surface area contributed by atoms with Gasteiger partial charge in [-0.2, -0.15) is 0 Å². The summed E-state index contributed by atoms with van der Waals surface area (Å²) in [6, 6.07) is 0. The third kappa shape index (κ3) is 3.54. The second-order valence-corrected chi connectivity index (χ2v) is 5.35. The van der Waals surface area contributed by atoms with E-state index in [2.05, 4.69) is 15.9 Å². The third-order valence-corrected chi connectivity index (χ3v) is 4.57. The van der Waals surface area contributed by atoms with E-state index in [1.807, 2.05) is 19.2 Å². The highest BCUT2D eigenvalue weighted by Gasteiger charge is 2.22. The molecule has 0 aliphatic rings. The van der Waals surface area contributed by atoms with Crippen LogP contribution in [0.4, 0.5) is 0 Å². The molecular weight excluding hydrogens is 306 g/mol. The van der Waals surface area contributed by atoms with E-state index in [1.54, 1.807) is 0 Å². The van der Waals surface area contributed by atoms with Crippen LogP contribution < -0.4 is 0 Å². The molecule has 0 aromatic carbocycles. The van der Waals surface area contributed by atoms with E-state index in [9.17, 15) is 9.59 Å². The van der Waals surface area contributed by atoms with Crippen LogP contribution in [0.1, 0.15) is 28.6 Å². The van der Waals surface area contributed by atoms with Gasteiger partial charge in [-0.1, -0.05) is 6.92 Å². The van der Waals surface area contributed by atoms with Gasteiger partial charge >= 0.3 is 5.97 Å². The van der Waals surface area contributed by atoms with Crippen molar-refractivity contribution >= 4 is 39.1 Å². The van der Waals surface area contributed by atoms with Crippen molar-refractivity contribution in [3.05, 3.63) is 20.3 Å². The summed E-state index contributed by atoms with van der Waals surface area (Å²) in [6.45, 7) is 4.01. The zero-order valence-corrected chi connectivity index (χ0v) is 12.1. The molecule has 94 valence electrons. The Labute approximate surface area is 112 Å². The van der Waals surface area contributed by atoms with E-state index >= 15 is 0 Å². The highest BCUT2D eigenvalue weighted by molar-refractivity contribution is 9.10. The molecule has 4 nitrogen and oxygen atoms in total. The molecular formula is C11H14BrNO3S. The zero-order valence-electron chi connectivity index (χ0n) is 9.70. The van der Waals surface area contributed by atoms with Gasteiger partial charge in [0.25, 0.3) is 5.91 Å². The summed E-state index contributed by atoms with van der Waals surface area (Å²) in [5.74, 6) is -1.21. The Balaban J connectivity index is 2.91. The Morgan fingerprint density at radius 1 is 1.53 bits per heavy atom. The lowest BCUT2D eigenvalue weighted by Gasteiger charge is -2.19. The van der Waals surface area contributed by atoms with Crippen LogP contribution >= 0.6 is 27.3 Å². The van der Waals surface area contributed by atoms with Crippen molar-refractivity contribution in [2.75, 3.05) is 13.1 Å². The molecule has 1 heterocycles. The number of hydrogen-bond donors (Lipinski definition) is 1. The van der Waals surface area contributed by atoms with Crippen molar-refractivity contribution < 1.29 is 14.7 Å². The average molecular weight is 320 g/mol. The summed E-state index contributed by atoms with van der Waals surface area (Å²) in [5.41, 5.74) is 0.991. The molecule has 1 rings (SSSR count). The number of carbonyl (C=O) groups is 2. The molecule has 0 atom stereocenters. The summed E-state index contributed by atoms with van der Waals surface area (Å²) in [7, 11) is 0. The van der Waals surface area contributed by atoms with Crippen LogP contribution in [-0.2, 0) is 4.79 Å². The molecule has 0 radical (unpaired) electrons. The largest absolute Gasteiger partial charge is 0.480 e. The molecule has 0 bridgehead atoms. The van der Waals surface area contributed by atoms with Gasteiger partial charge in [-0.25, -0.2) is 0 Å². The van der Waals surface area contributed by atoms with E-state index in [1.165, 1.54) is 16.2 Å². The minimum Gasteiger partial charge on any atom is -0.480 e. The number of amides is 1. The molecule has 1 N–H and O–H groups in total. The van der Waals surface area contributed by atoms with Crippen LogP contribution in [0.15, 0.2) is 9.85 Å². The molecule has 17 heavy (non-hydrogen) atoms. The monoisotopic (exact) mass is 319 g/mol. The molecule has 1 aromatic rings. The highest BCUT2D eigenvalue weighted by Crippen LogP contribution is 2.28. The van der Waals surface area contributed by atoms with Crippen LogP contribution in [0.5, 0.6) is 0 Å². The lowest BCUT2D eigenvalue weighted by atomic mass is 10.3. The predicted molar refractivity (Wildman–Crippen MR) is 70.6 cm³/mol. The van der Waals surface area contributed by atoms with Gasteiger partial charge in [-0.05, 0) is 40.2 Å². The van der Waals surface area contributed by atoms with Gasteiger partial charge in [0.05, 0.1) is 0 Å². The number of carbonyl (C=O) groups excluding carboxylic acids is 1. The smallest absolute Gasteiger partial charge is 0.323 e. The zero-order chi connectivity index (χ0) is 13.0. The summed E-state index contributed by atoms with van der Waals surface area (Å²) in [5, 5.41) is 10.7. The van der Waals surface area contributed by atoms with Gasteiger partial charge in [-0.15, -0.1) is 11.3 Å². The first-order chi connectivity index (χ1) is 7.97. The minimum absolute atomic E-state index is 0.223. The lowest BCUT2D eigenvalue weighted by Crippen LogP contribution is -2.36. The SMILES string of the molecule is CCCN(CC(=O)O)C(=O)c1scc(C)c1Br. The summed E-state index contributed by atoms with van der Waals surface area (Å²) in [6.07, 6.45) is 0.737. The molecule has 0 fully saturated rings. The van der Waals surface area contributed by atoms with E-state index in [-0.39, 0.29) is 12.5 Å². The second-order valence-electron chi connectivity index (χ2n) is 3.68. The number of thiophene rings is 1. The Bertz CT molecular complexity index is 430. The molecule has 0 spiro atoms. The molecule has 1 aromatic heterocycles. The first-order valence-electron chi connectivity index (χ1n) is 5.22. The van der Waals surface area contributed by atoms with Crippen LogP contribution in [0.25, 0.3) is 0 Å². The minimum atomic E-state index is -0.990. The number of aryl methyl sites for hydroxylation is 1. The molecule has 0 saturated heterocycles. The van der Waals surface area contributed by atoms with Crippen LogP contribution in [0.3, 0.4) is 0 Å². The van der Waals surface area contributed by atoms with E-state index in [0.717, 1.165) is 16.5 Å². The summed E-state index contributed by atoms with van der Waals surface area (Å²) >= 11 is 4.69. The number of rotatable bonds is 5. The number of aliphatic carboxylic acids is 1. The molecule has 1 amide bonds. The van der Waals surface area contributed by atoms with Crippen molar-refractivity contribution in [2.45, 2.75) is 20.3 Å². The van der Waals surface area contributed by atoms with Gasteiger partial charge in [0, 0.05) is 11.0 Å². The Hall–Kier alpha value is -0.880.